The summed E-state index contributed by atoms with van der Waals surface area (Å²) in [4.78, 5) is 30.0. The van der Waals surface area contributed by atoms with Crippen molar-refractivity contribution in [3.63, 3.8) is 0 Å². The number of carbonyl (C=O) groups is 2. The van der Waals surface area contributed by atoms with Gasteiger partial charge in [0.1, 0.15) is 24.2 Å². The molecule has 0 aliphatic heterocycles. The number of aryl methyl sites for hydroxylation is 1. The van der Waals surface area contributed by atoms with Crippen molar-refractivity contribution in [3.05, 3.63) is 126 Å². The van der Waals surface area contributed by atoms with E-state index in [4.69, 9.17) is 4.74 Å². The minimum atomic E-state index is -4.26. The Labute approximate surface area is 282 Å². The van der Waals surface area contributed by atoms with Crippen molar-refractivity contribution in [3.8, 4) is 5.75 Å². The fourth-order valence-electron chi connectivity index (χ4n) is 5.97. The van der Waals surface area contributed by atoms with Crippen molar-refractivity contribution in [2.24, 2.45) is 0 Å². The Morgan fingerprint density at radius 2 is 1.54 bits per heavy atom. The molecule has 1 aliphatic rings. The van der Waals surface area contributed by atoms with Crippen LogP contribution in [0.4, 0.5) is 10.1 Å². The minimum Gasteiger partial charge on any atom is -0.494 e. The maximum Gasteiger partial charge on any atom is 0.264 e. The molecule has 8 nitrogen and oxygen atoms in total. The number of benzene rings is 4. The highest BCUT2D eigenvalue weighted by molar-refractivity contribution is 7.92. The van der Waals surface area contributed by atoms with Gasteiger partial charge < -0.3 is 15.0 Å². The van der Waals surface area contributed by atoms with Crippen molar-refractivity contribution < 1.29 is 27.1 Å². The second-order valence-electron chi connectivity index (χ2n) is 12.1. The quantitative estimate of drug-likeness (QED) is 0.167. The maximum absolute atomic E-state index is 15.1. The van der Waals surface area contributed by atoms with Crippen LogP contribution >= 0.6 is 0 Å². The topological polar surface area (TPSA) is 96.0 Å². The first-order valence-electron chi connectivity index (χ1n) is 16.3. The summed E-state index contributed by atoms with van der Waals surface area (Å²) in [5, 5.41) is 3.13. The Morgan fingerprint density at radius 3 is 2.19 bits per heavy atom. The number of sulfonamides is 1. The lowest BCUT2D eigenvalue weighted by Gasteiger charge is -2.34. The summed E-state index contributed by atoms with van der Waals surface area (Å²) in [6.07, 6.45) is 3.84. The van der Waals surface area contributed by atoms with Gasteiger partial charge in [-0.25, -0.2) is 12.8 Å². The van der Waals surface area contributed by atoms with E-state index in [2.05, 4.69) is 5.32 Å². The van der Waals surface area contributed by atoms with Crippen LogP contribution in [-0.2, 0) is 32.6 Å². The van der Waals surface area contributed by atoms with Gasteiger partial charge in [0.2, 0.25) is 11.8 Å². The lowest BCUT2D eigenvalue weighted by Crippen LogP contribution is -2.54. The van der Waals surface area contributed by atoms with Crippen LogP contribution < -0.4 is 14.4 Å². The van der Waals surface area contributed by atoms with Crippen LogP contribution in [0.1, 0.15) is 49.3 Å². The SMILES string of the molecule is CCOc1ccc(N(CC(=O)N(Cc2ccccc2F)[C@H](Cc2ccccc2)C(=O)NC2CCCC2)S(=O)(=O)c2ccc(C)cc2)cc1. The molecular weight excluding hydrogens is 629 g/mol. The molecule has 1 saturated carbocycles. The second-order valence-corrected chi connectivity index (χ2v) is 13.9. The molecule has 0 radical (unpaired) electrons. The van der Waals surface area contributed by atoms with E-state index in [9.17, 15) is 18.0 Å². The largest absolute Gasteiger partial charge is 0.494 e. The number of halogens is 1. The van der Waals surface area contributed by atoms with Gasteiger partial charge in [0, 0.05) is 24.6 Å². The highest BCUT2D eigenvalue weighted by Crippen LogP contribution is 2.28. The predicted octanol–water partition coefficient (Wildman–Crippen LogP) is 6.43. The second kappa shape index (κ2) is 15.9. The number of carbonyl (C=O) groups excluding carboxylic acids is 2. The molecule has 1 aliphatic carbocycles. The van der Waals surface area contributed by atoms with Gasteiger partial charge in [-0.2, -0.15) is 0 Å². The van der Waals surface area contributed by atoms with Crippen molar-refractivity contribution >= 4 is 27.5 Å². The summed E-state index contributed by atoms with van der Waals surface area (Å²) in [6.45, 7) is 3.28. The molecule has 1 fully saturated rings. The normalized spacial score (nSPS) is 13.9. The molecule has 1 atom stereocenters. The van der Waals surface area contributed by atoms with Gasteiger partial charge in [-0.05, 0) is 74.7 Å². The fraction of sp³-hybridized carbons (Fsp3) is 0.316. The number of rotatable bonds is 14. The molecule has 2 amide bonds. The van der Waals surface area contributed by atoms with E-state index < -0.39 is 34.3 Å². The Hall–Kier alpha value is -4.70. The monoisotopic (exact) mass is 671 g/mol. The average Bonchev–Trinajstić information content (AvgIpc) is 3.60. The van der Waals surface area contributed by atoms with Crippen molar-refractivity contribution in [2.45, 2.75) is 69.5 Å². The van der Waals surface area contributed by atoms with Crippen LogP contribution in [-0.4, -0.2) is 50.4 Å². The lowest BCUT2D eigenvalue weighted by atomic mass is 10.0. The first kappa shape index (κ1) is 34.6. The van der Waals surface area contributed by atoms with Gasteiger partial charge in [0.05, 0.1) is 17.2 Å². The Morgan fingerprint density at radius 1 is 0.896 bits per heavy atom. The number of hydrogen-bond acceptors (Lipinski definition) is 5. The van der Waals surface area contributed by atoms with Crippen molar-refractivity contribution in [1.82, 2.24) is 10.2 Å². The van der Waals surface area contributed by atoms with E-state index >= 15 is 4.39 Å². The summed E-state index contributed by atoms with van der Waals surface area (Å²) in [6, 6.07) is 27.2. The minimum absolute atomic E-state index is 0.00949. The van der Waals surface area contributed by atoms with Gasteiger partial charge in [0.15, 0.2) is 0 Å². The van der Waals surface area contributed by atoms with Crippen LogP contribution in [0, 0.1) is 12.7 Å². The van der Waals surface area contributed by atoms with E-state index in [1.807, 2.05) is 44.2 Å². The lowest BCUT2D eigenvalue weighted by molar-refractivity contribution is -0.140. The first-order valence-corrected chi connectivity index (χ1v) is 17.8. The smallest absolute Gasteiger partial charge is 0.264 e. The summed E-state index contributed by atoms with van der Waals surface area (Å²) < 4.78 is 50.2. The highest BCUT2D eigenvalue weighted by atomic mass is 32.2. The van der Waals surface area contributed by atoms with Gasteiger partial charge in [0.25, 0.3) is 10.0 Å². The summed E-state index contributed by atoms with van der Waals surface area (Å²) in [5.74, 6) is -0.983. The third kappa shape index (κ3) is 8.60. The molecule has 4 aromatic carbocycles. The molecule has 0 spiro atoms. The van der Waals surface area contributed by atoms with E-state index in [1.54, 1.807) is 54.6 Å². The highest BCUT2D eigenvalue weighted by Gasteiger charge is 2.36. The zero-order valence-electron chi connectivity index (χ0n) is 27.3. The fourth-order valence-corrected chi connectivity index (χ4v) is 7.39. The molecular formula is C38H42FN3O5S. The molecule has 0 saturated heterocycles. The van der Waals surface area contributed by atoms with E-state index in [1.165, 1.54) is 23.1 Å². The van der Waals surface area contributed by atoms with Crippen molar-refractivity contribution in [2.75, 3.05) is 17.5 Å². The van der Waals surface area contributed by atoms with Crippen LogP contribution in [0.3, 0.4) is 0 Å². The standard InChI is InChI=1S/C38H42FN3O5S/c1-3-47-33-21-19-32(20-22-33)42(48(45,46)34-23-17-28(2)18-24-34)27-37(43)41(26-30-13-7-10-16-35(30)39)36(25-29-11-5-4-6-12-29)38(44)40-31-14-8-9-15-31/h4-7,10-13,16-24,31,36H,3,8-9,14-15,25-27H2,1-2H3,(H,40,44)/t36-/m1/s1. The Bertz CT molecular complexity index is 1780. The summed E-state index contributed by atoms with van der Waals surface area (Å²) in [7, 11) is -4.26. The third-order valence-corrected chi connectivity index (χ3v) is 10.4. The first-order chi connectivity index (χ1) is 23.2. The van der Waals surface area contributed by atoms with E-state index in [0.29, 0.717) is 12.4 Å². The Kier molecular flexibility index (Phi) is 11.5. The van der Waals surface area contributed by atoms with Gasteiger partial charge in [-0.15, -0.1) is 0 Å². The number of ether oxygens (including phenoxy) is 1. The van der Waals surface area contributed by atoms with Crippen LogP contribution in [0.15, 0.2) is 108 Å². The predicted molar refractivity (Wildman–Crippen MR) is 185 cm³/mol. The molecule has 0 heterocycles. The van der Waals surface area contributed by atoms with Gasteiger partial charge in [-0.1, -0.05) is 79.1 Å². The molecule has 0 bridgehead atoms. The molecule has 48 heavy (non-hydrogen) atoms. The molecule has 10 heteroatoms. The molecule has 5 rings (SSSR count). The third-order valence-electron chi connectivity index (χ3n) is 8.59. The van der Waals surface area contributed by atoms with Crippen LogP contribution in [0.5, 0.6) is 5.75 Å². The van der Waals surface area contributed by atoms with Crippen LogP contribution in [0.2, 0.25) is 0 Å². The zero-order valence-corrected chi connectivity index (χ0v) is 28.2. The zero-order chi connectivity index (χ0) is 34.1. The Balaban J connectivity index is 1.57. The molecule has 4 aromatic rings. The molecule has 252 valence electrons. The number of nitrogens with zero attached hydrogens (tertiary/aromatic N) is 2. The number of anilines is 1. The van der Waals surface area contributed by atoms with E-state index in [-0.39, 0.29) is 41.1 Å². The van der Waals surface area contributed by atoms with Crippen molar-refractivity contribution in [1.29, 1.82) is 0 Å². The number of hydrogen-bond donors (Lipinski definition) is 1. The number of nitrogens with one attached hydrogen (secondary N) is 1. The molecule has 0 unspecified atom stereocenters. The van der Waals surface area contributed by atoms with Gasteiger partial charge in [-0.3, -0.25) is 13.9 Å². The van der Waals surface area contributed by atoms with E-state index in [0.717, 1.165) is 41.1 Å². The number of amides is 2. The summed E-state index contributed by atoms with van der Waals surface area (Å²) in [5.41, 5.74) is 2.15. The van der Waals surface area contributed by atoms with Crippen LogP contribution in [0.25, 0.3) is 0 Å². The summed E-state index contributed by atoms with van der Waals surface area (Å²) >= 11 is 0. The average molecular weight is 672 g/mol. The van der Waals surface area contributed by atoms with Gasteiger partial charge >= 0.3 is 0 Å². The molecule has 1 N–H and O–H groups in total. The molecule has 0 aromatic heterocycles. The maximum atomic E-state index is 15.1.